The third-order valence-corrected chi connectivity index (χ3v) is 3.82. The Kier molecular flexibility index (Phi) is 4.09. The van der Waals surface area contributed by atoms with Gasteiger partial charge in [-0.3, -0.25) is 4.98 Å². The van der Waals surface area contributed by atoms with Crippen molar-refractivity contribution in [3.05, 3.63) is 59.4 Å². The molecule has 0 N–H and O–H groups in total. The zero-order chi connectivity index (χ0) is 17.2. The molecule has 0 aliphatic carbocycles. The first-order valence-corrected chi connectivity index (χ1v) is 7.65. The van der Waals surface area contributed by atoms with E-state index in [0.717, 1.165) is 16.7 Å². The number of hydrogen-bond acceptors (Lipinski definition) is 4. The van der Waals surface area contributed by atoms with Gasteiger partial charge < -0.3 is 9.47 Å². The summed E-state index contributed by atoms with van der Waals surface area (Å²) in [6, 6.07) is 9.71. The second kappa shape index (κ2) is 6.21. The number of aromatic nitrogens is 1. The Morgan fingerprint density at radius 1 is 1.33 bits per heavy atom. The van der Waals surface area contributed by atoms with E-state index in [0.29, 0.717) is 17.1 Å². The van der Waals surface area contributed by atoms with Crippen LogP contribution in [-0.2, 0) is 0 Å². The monoisotopic (exact) mass is 318 g/mol. The fourth-order valence-electron chi connectivity index (χ4n) is 2.60. The van der Waals surface area contributed by atoms with Crippen LogP contribution in [0.5, 0.6) is 11.5 Å². The Hall–Kier alpha value is -3.06. The molecule has 2 heterocycles. The zero-order valence-corrected chi connectivity index (χ0v) is 13.9. The quantitative estimate of drug-likeness (QED) is 0.790. The summed E-state index contributed by atoms with van der Waals surface area (Å²) in [5.74, 6) is 1.38. The molecule has 0 fully saturated rings. The smallest absolute Gasteiger partial charge is 0.170 e. The van der Waals surface area contributed by atoms with E-state index in [2.05, 4.69) is 11.1 Å². The van der Waals surface area contributed by atoms with E-state index in [1.807, 2.05) is 56.3 Å². The maximum Gasteiger partial charge on any atom is 0.170 e. The molecule has 1 aromatic heterocycles. The molecule has 0 radical (unpaired) electrons. The maximum atomic E-state index is 9.51. The summed E-state index contributed by atoms with van der Waals surface area (Å²) in [4.78, 5) is 4.08. The standard InChI is InChI=1S/C20H18N2O2/c1-20(2)9-8-17-14(6-7-18(23-3)19(17)24-20)11-16(12-21)15-5-4-10-22-13-15/h4-11,13H,1-3H3/b16-11+. The van der Waals surface area contributed by atoms with Gasteiger partial charge in [0.25, 0.3) is 0 Å². The van der Waals surface area contributed by atoms with E-state index in [9.17, 15) is 5.26 Å². The van der Waals surface area contributed by atoms with E-state index in [1.165, 1.54) is 0 Å². The van der Waals surface area contributed by atoms with Crippen molar-refractivity contribution in [2.75, 3.05) is 7.11 Å². The number of methoxy groups -OCH3 is 1. The summed E-state index contributed by atoms with van der Waals surface area (Å²) in [6.07, 6.45) is 9.24. The zero-order valence-electron chi connectivity index (χ0n) is 13.9. The molecule has 1 aliphatic heterocycles. The minimum absolute atomic E-state index is 0.399. The Balaban J connectivity index is 2.13. The topological polar surface area (TPSA) is 55.1 Å². The Morgan fingerprint density at radius 2 is 2.17 bits per heavy atom. The van der Waals surface area contributed by atoms with Gasteiger partial charge in [0.05, 0.1) is 18.8 Å². The molecule has 0 saturated heterocycles. The van der Waals surface area contributed by atoms with Crippen molar-refractivity contribution in [2.45, 2.75) is 19.4 Å². The third kappa shape index (κ3) is 3.02. The van der Waals surface area contributed by atoms with E-state index in [-0.39, 0.29) is 0 Å². The number of benzene rings is 1. The van der Waals surface area contributed by atoms with Gasteiger partial charge in [-0.15, -0.1) is 0 Å². The van der Waals surface area contributed by atoms with Gasteiger partial charge in [-0.2, -0.15) is 5.26 Å². The van der Waals surface area contributed by atoms with Crippen LogP contribution in [0.1, 0.15) is 30.5 Å². The second-order valence-corrected chi connectivity index (χ2v) is 6.05. The molecule has 0 unspecified atom stereocenters. The van der Waals surface area contributed by atoms with Crippen molar-refractivity contribution in [3.63, 3.8) is 0 Å². The van der Waals surface area contributed by atoms with Gasteiger partial charge in [0, 0.05) is 23.5 Å². The molecule has 0 saturated carbocycles. The number of nitrogens with zero attached hydrogens (tertiary/aromatic N) is 2. The van der Waals surface area contributed by atoms with Crippen molar-refractivity contribution in [3.8, 4) is 17.6 Å². The molecule has 1 aliphatic rings. The van der Waals surface area contributed by atoms with Crippen LogP contribution in [-0.4, -0.2) is 17.7 Å². The van der Waals surface area contributed by atoms with E-state index in [1.54, 1.807) is 19.5 Å². The number of fused-ring (bicyclic) bond motifs is 1. The van der Waals surface area contributed by atoms with Crippen LogP contribution in [0.4, 0.5) is 0 Å². The van der Waals surface area contributed by atoms with Gasteiger partial charge in [-0.05, 0) is 43.7 Å². The lowest BCUT2D eigenvalue weighted by Gasteiger charge is -2.29. The van der Waals surface area contributed by atoms with E-state index in [4.69, 9.17) is 9.47 Å². The maximum absolute atomic E-state index is 9.51. The summed E-state index contributed by atoms with van der Waals surface area (Å²) in [5.41, 5.74) is 2.74. The first-order valence-electron chi connectivity index (χ1n) is 7.65. The lowest BCUT2D eigenvalue weighted by molar-refractivity contribution is 0.152. The largest absolute Gasteiger partial charge is 0.493 e. The van der Waals surface area contributed by atoms with Crippen molar-refractivity contribution in [1.29, 1.82) is 5.26 Å². The van der Waals surface area contributed by atoms with Crippen molar-refractivity contribution < 1.29 is 9.47 Å². The van der Waals surface area contributed by atoms with Crippen LogP contribution >= 0.6 is 0 Å². The molecule has 4 heteroatoms. The number of pyridine rings is 1. The molecule has 120 valence electrons. The number of nitriles is 1. The number of ether oxygens (including phenoxy) is 2. The third-order valence-electron chi connectivity index (χ3n) is 3.82. The van der Waals surface area contributed by atoms with Gasteiger partial charge in [0.1, 0.15) is 5.60 Å². The highest BCUT2D eigenvalue weighted by Crippen LogP contribution is 2.41. The molecule has 0 bridgehead atoms. The first kappa shape index (κ1) is 15.8. The Labute approximate surface area is 141 Å². The SMILES string of the molecule is COc1ccc(/C=C(\C#N)c2cccnc2)c2c1OC(C)(C)C=C2. The van der Waals surface area contributed by atoms with Crippen LogP contribution in [0.15, 0.2) is 42.7 Å². The predicted molar refractivity (Wildman–Crippen MR) is 94.5 cm³/mol. The van der Waals surface area contributed by atoms with Gasteiger partial charge >= 0.3 is 0 Å². The summed E-state index contributed by atoms with van der Waals surface area (Å²) in [5, 5.41) is 9.51. The van der Waals surface area contributed by atoms with E-state index >= 15 is 0 Å². The van der Waals surface area contributed by atoms with Crippen molar-refractivity contribution in [1.82, 2.24) is 4.98 Å². The fraction of sp³-hybridized carbons (Fsp3) is 0.200. The van der Waals surface area contributed by atoms with Gasteiger partial charge in [0.2, 0.25) is 0 Å². The summed E-state index contributed by atoms with van der Waals surface area (Å²) in [7, 11) is 1.62. The highest BCUT2D eigenvalue weighted by molar-refractivity contribution is 5.92. The van der Waals surface area contributed by atoms with Crippen LogP contribution in [0.2, 0.25) is 0 Å². The molecule has 4 nitrogen and oxygen atoms in total. The molecule has 3 rings (SSSR count). The van der Waals surface area contributed by atoms with Crippen LogP contribution in [0, 0.1) is 11.3 Å². The second-order valence-electron chi connectivity index (χ2n) is 6.05. The van der Waals surface area contributed by atoms with Crippen LogP contribution in [0.3, 0.4) is 0 Å². The number of allylic oxidation sites excluding steroid dienone is 1. The first-order chi connectivity index (χ1) is 11.5. The van der Waals surface area contributed by atoms with Crippen molar-refractivity contribution >= 4 is 17.7 Å². The molecule has 2 aromatic rings. The predicted octanol–water partition coefficient (Wildman–Crippen LogP) is 4.34. The molecular weight excluding hydrogens is 300 g/mol. The lowest BCUT2D eigenvalue weighted by atomic mass is 9.96. The Morgan fingerprint density at radius 3 is 2.83 bits per heavy atom. The van der Waals surface area contributed by atoms with Gasteiger partial charge in [-0.1, -0.05) is 18.2 Å². The van der Waals surface area contributed by atoms with Gasteiger partial charge in [-0.25, -0.2) is 0 Å². The number of rotatable bonds is 3. The molecule has 0 atom stereocenters. The fourth-order valence-corrected chi connectivity index (χ4v) is 2.60. The molecule has 0 amide bonds. The molecule has 0 spiro atoms. The summed E-state index contributed by atoms with van der Waals surface area (Å²) in [6.45, 7) is 3.98. The van der Waals surface area contributed by atoms with Crippen LogP contribution in [0.25, 0.3) is 17.7 Å². The highest BCUT2D eigenvalue weighted by Gasteiger charge is 2.26. The summed E-state index contributed by atoms with van der Waals surface area (Å²) < 4.78 is 11.5. The number of hydrogen-bond donors (Lipinski definition) is 0. The minimum atomic E-state index is -0.399. The summed E-state index contributed by atoms with van der Waals surface area (Å²) >= 11 is 0. The lowest BCUT2D eigenvalue weighted by Crippen LogP contribution is -2.28. The molecule has 1 aromatic carbocycles. The Bertz CT molecular complexity index is 859. The highest BCUT2D eigenvalue weighted by atomic mass is 16.5. The molecule has 24 heavy (non-hydrogen) atoms. The average molecular weight is 318 g/mol. The van der Waals surface area contributed by atoms with Gasteiger partial charge in [0.15, 0.2) is 11.5 Å². The van der Waals surface area contributed by atoms with Crippen molar-refractivity contribution in [2.24, 2.45) is 0 Å². The normalized spacial score (nSPS) is 15.2. The minimum Gasteiger partial charge on any atom is -0.493 e. The van der Waals surface area contributed by atoms with E-state index < -0.39 is 5.60 Å². The molecular formula is C20H18N2O2. The van der Waals surface area contributed by atoms with Crippen LogP contribution < -0.4 is 9.47 Å². The average Bonchev–Trinajstić information content (AvgIpc) is 2.59.